The van der Waals surface area contributed by atoms with Crippen LogP contribution in [0.5, 0.6) is 0 Å². The lowest BCUT2D eigenvalue weighted by Gasteiger charge is -2.15. The highest BCUT2D eigenvalue weighted by Gasteiger charge is 2.29. The number of isocyanates is 3. The Kier molecular flexibility index (Phi) is 16.3. The van der Waals surface area contributed by atoms with Crippen LogP contribution in [0.1, 0.15) is 174 Å². The number of benzene rings is 3. The van der Waals surface area contributed by atoms with Gasteiger partial charge < -0.3 is 0 Å². The molecule has 7 heteroatoms. The second-order valence-corrected chi connectivity index (χ2v) is 14.3. The van der Waals surface area contributed by atoms with Gasteiger partial charge >= 0.3 is 0 Å². The van der Waals surface area contributed by atoms with Gasteiger partial charge in [-0.25, -0.2) is 18.8 Å². The molecule has 0 bridgehead atoms. The van der Waals surface area contributed by atoms with E-state index in [1.807, 2.05) is 55.4 Å². The van der Waals surface area contributed by atoms with E-state index in [0.717, 1.165) is 55.5 Å². The Morgan fingerprint density at radius 3 is 1.73 bits per heavy atom. The zero-order valence-corrected chi connectivity index (χ0v) is 33.1. The fraction of sp³-hybridized carbons (Fsp3) is 0.533. The average Bonchev–Trinajstić information content (AvgIpc) is 3.95. The van der Waals surface area contributed by atoms with Gasteiger partial charge in [-0.05, 0) is 144 Å². The summed E-state index contributed by atoms with van der Waals surface area (Å²) < 4.78 is 13.7. The molecule has 4 aliphatic carbocycles. The molecule has 0 fully saturated rings. The van der Waals surface area contributed by atoms with E-state index in [-0.39, 0.29) is 17.7 Å². The van der Waals surface area contributed by atoms with Crippen LogP contribution >= 0.6 is 0 Å². The van der Waals surface area contributed by atoms with Crippen molar-refractivity contribution in [3.8, 4) is 0 Å². The van der Waals surface area contributed by atoms with Crippen molar-refractivity contribution in [3.05, 3.63) is 85.7 Å². The summed E-state index contributed by atoms with van der Waals surface area (Å²) in [4.78, 5) is 43.2. The number of aryl methyl sites for hydroxylation is 3. The molecule has 52 heavy (non-hydrogen) atoms. The number of rotatable bonds is 5. The third-order valence-corrected chi connectivity index (χ3v) is 10.6. The molecule has 3 aromatic carbocycles. The van der Waals surface area contributed by atoms with Crippen molar-refractivity contribution < 1.29 is 18.8 Å². The minimum Gasteiger partial charge on any atom is -0.211 e. The largest absolute Gasteiger partial charge is 0.240 e. The molecule has 0 N–H and O–H groups in total. The van der Waals surface area contributed by atoms with Crippen molar-refractivity contribution in [2.45, 2.75) is 157 Å². The van der Waals surface area contributed by atoms with Crippen LogP contribution in [0.15, 0.2) is 39.2 Å². The van der Waals surface area contributed by atoms with E-state index in [4.69, 9.17) is 0 Å². The Bertz CT molecular complexity index is 1860. The standard InChI is InChI=1S/2C14H15NO.C13H16FNO.2C2H6/c1-9-5-6-11-7-10-3-2-4-12(10)14(13(9)11)15-8-16;1-9-5-6-12-13(9)7-10-3-2-4-11(10)14(12)15-8-16;1-8(2)10-5-6-11(14)12(9(3)4)13(10)15-7-16;2*1-2/h2*7,9H,2-6H2,1H3;5-6,8-9H,1-4H3;2*1-2H3. The highest BCUT2D eigenvalue weighted by atomic mass is 19.1. The van der Waals surface area contributed by atoms with Crippen molar-refractivity contribution in [1.29, 1.82) is 0 Å². The molecule has 0 saturated carbocycles. The van der Waals surface area contributed by atoms with Gasteiger partial charge in [-0.2, -0.15) is 15.0 Å². The predicted octanol–water partition coefficient (Wildman–Crippen LogP) is 12.5. The zero-order chi connectivity index (χ0) is 38.5. The van der Waals surface area contributed by atoms with Crippen LogP contribution in [0.25, 0.3) is 0 Å². The molecule has 0 aliphatic heterocycles. The lowest BCUT2D eigenvalue weighted by atomic mass is 9.92. The van der Waals surface area contributed by atoms with Gasteiger partial charge in [0.25, 0.3) is 0 Å². The maximum absolute atomic E-state index is 13.7. The molecule has 0 saturated heterocycles. The molecule has 7 rings (SSSR count). The summed E-state index contributed by atoms with van der Waals surface area (Å²) in [5.74, 6) is 1.05. The first-order valence-electron chi connectivity index (χ1n) is 19.5. The van der Waals surface area contributed by atoms with Crippen LogP contribution in [0.3, 0.4) is 0 Å². The Labute approximate surface area is 311 Å². The molecule has 4 aliphatic rings. The maximum Gasteiger partial charge on any atom is 0.240 e. The molecular weight excluding hydrogens is 650 g/mol. The van der Waals surface area contributed by atoms with Gasteiger partial charge in [0.15, 0.2) is 0 Å². The number of fused-ring (bicyclic) bond motifs is 4. The summed E-state index contributed by atoms with van der Waals surface area (Å²) in [7, 11) is 0. The van der Waals surface area contributed by atoms with E-state index in [9.17, 15) is 18.8 Å². The molecule has 0 heterocycles. The second-order valence-electron chi connectivity index (χ2n) is 14.3. The van der Waals surface area contributed by atoms with Gasteiger partial charge in [0.2, 0.25) is 18.2 Å². The fourth-order valence-electron chi connectivity index (χ4n) is 8.22. The summed E-state index contributed by atoms with van der Waals surface area (Å²) in [6, 6.07) is 7.83. The third-order valence-electron chi connectivity index (χ3n) is 10.6. The number of halogens is 1. The molecule has 0 spiro atoms. The van der Waals surface area contributed by atoms with Crippen LogP contribution in [0, 0.1) is 5.82 Å². The lowest BCUT2D eigenvalue weighted by molar-refractivity contribution is 0.564. The van der Waals surface area contributed by atoms with Crippen LogP contribution in [-0.2, 0) is 52.9 Å². The molecule has 2 atom stereocenters. The molecule has 0 radical (unpaired) electrons. The van der Waals surface area contributed by atoms with Crippen LogP contribution in [-0.4, -0.2) is 18.2 Å². The number of carbonyl (C=O) groups excluding carboxylic acids is 3. The minimum absolute atomic E-state index is 0.00852. The molecule has 0 amide bonds. The Balaban J connectivity index is 0.000000200. The summed E-state index contributed by atoms with van der Waals surface area (Å²) in [6.45, 7) is 20.2. The molecule has 0 aromatic heterocycles. The van der Waals surface area contributed by atoms with E-state index < -0.39 is 0 Å². The van der Waals surface area contributed by atoms with Gasteiger partial charge in [0.05, 0.1) is 17.1 Å². The third kappa shape index (κ3) is 9.20. The van der Waals surface area contributed by atoms with Crippen molar-refractivity contribution in [2.75, 3.05) is 0 Å². The monoisotopic (exact) mass is 707 g/mol. The van der Waals surface area contributed by atoms with E-state index in [1.165, 1.54) is 82.3 Å². The molecule has 3 aromatic rings. The van der Waals surface area contributed by atoms with Crippen LogP contribution < -0.4 is 0 Å². The summed E-state index contributed by atoms with van der Waals surface area (Å²) in [5, 5.41) is 0. The molecule has 6 nitrogen and oxygen atoms in total. The van der Waals surface area contributed by atoms with E-state index >= 15 is 0 Å². The van der Waals surface area contributed by atoms with Crippen molar-refractivity contribution >= 4 is 35.3 Å². The molecule has 278 valence electrons. The first kappa shape index (κ1) is 42.1. The number of hydrogen-bond acceptors (Lipinski definition) is 6. The van der Waals surface area contributed by atoms with Crippen molar-refractivity contribution in [1.82, 2.24) is 0 Å². The summed E-state index contributed by atoms with van der Waals surface area (Å²) in [5.41, 5.74) is 14.7. The highest BCUT2D eigenvalue weighted by Crippen LogP contribution is 2.46. The van der Waals surface area contributed by atoms with Crippen LogP contribution in [0.2, 0.25) is 0 Å². The Hall–Kier alpha value is -4.27. The molecule has 2 unspecified atom stereocenters. The van der Waals surface area contributed by atoms with Crippen molar-refractivity contribution in [2.24, 2.45) is 15.0 Å². The summed E-state index contributed by atoms with van der Waals surface area (Å²) >= 11 is 0. The summed E-state index contributed by atoms with van der Waals surface area (Å²) in [6.07, 6.45) is 16.5. The van der Waals surface area contributed by atoms with Gasteiger partial charge in [-0.1, -0.05) is 87.4 Å². The minimum atomic E-state index is -0.312. The van der Waals surface area contributed by atoms with Crippen molar-refractivity contribution in [3.63, 3.8) is 0 Å². The Morgan fingerprint density at radius 2 is 1.15 bits per heavy atom. The van der Waals surface area contributed by atoms with Gasteiger partial charge in [-0.15, -0.1) is 0 Å². The number of nitrogens with zero attached hydrogens (tertiary/aromatic N) is 3. The van der Waals surface area contributed by atoms with Gasteiger partial charge in [0, 0.05) is 5.56 Å². The number of hydrogen-bond donors (Lipinski definition) is 0. The topological polar surface area (TPSA) is 88.3 Å². The normalized spacial score (nSPS) is 16.7. The van der Waals surface area contributed by atoms with Gasteiger partial charge in [-0.3, -0.25) is 0 Å². The first-order chi connectivity index (χ1) is 25.1. The van der Waals surface area contributed by atoms with Crippen LogP contribution in [0.4, 0.5) is 21.5 Å². The predicted molar refractivity (Wildman–Crippen MR) is 211 cm³/mol. The smallest absolute Gasteiger partial charge is 0.211 e. The van der Waals surface area contributed by atoms with E-state index in [0.29, 0.717) is 23.1 Å². The zero-order valence-electron chi connectivity index (χ0n) is 33.1. The van der Waals surface area contributed by atoms with E-state index in [2.05, 4.69) is 41.0 Å². The van der Waals surface area contributed by atoms with Gasteiger partial charge in [0.1, 0.15) is 5.82 Å². The first-order valence-corrected chi connectivity index (χ1v) is 19.5. The maximum atomic E-state index is 13.7. The average molecular weight is 708 g/mol. The second kappa shape index (κ2) is 20.1. The Morgan fingerprint density at radius 1 is 0.615 bits per heavy atom. The fourth-order valence-corrected chi connectivity index (χ4v) is 8.22. The molecular formula is C45H58FN3O3. The number of aliphatic imine (C=N–C) groups is 3. The lowest BCUT2D eigenvalue weighted by Crippen LogP contribution is -1.99. The van der Waals surface area contributed by atoms with E-state index in [1.54, 1.807) is 18.2 Å². The SMILES string of the molecule is CC.CC.CC(C)c1ccc(F)c(C(C)C)c1N=C=O.CC1CCc2c1cc1c(c2N=C=O)CCC1.CC1CCc2cc3c(c(N=C=O)c21)CCC3. The quantitative estimate of drug-likeness (QED) is 0.195. The highest BCUT2D eigenvalue weighted by molar-refractivity contribution is 5.68.